The molecular formula is C28H34FN3O3. The molecule has 0 aliphatic carbocycles. The van der Waals surface area contributed by atoms with E-state index in [1.807, 2.05) is 23.1 Å². The summed E-state index contributed by atoms with van der Waals surface area (Å²) in [7, 11) is 1.54. The van der Waals surface area contributed by atoms with Gasteiger partial charge in [0, 0.05) is 51.1 Å². The second-order valence-corrected chi connectivity index (χ2v) is 9.46. The van der Waals surface area contributed by atoms with Crippen molar-refractivity contribution in [3.05, 3.63) is 71.6 Å². The Kier molecular flexibility index (Phi) is 8.18. The fraction of sp³-hybridized carbons (Fsp3) is 0.429. The van der Waals surface area contributed by atoms with Crippen molar-refractivity contribution in [3.63, 3.8) is 0 Å². The molecular weight excluding hydrogens is 445 g/mol. The number of carbonyl (C=O) groups excluding carboxylic acids is 2. The van der Waals surface area contributed by atoms with Crippen molar-refractivity contribution in [1.82, 2.24) is 15.1 Å². The molecule has 2 heterocycles. The van der Waals surface area contributed by atoms with Gasteiger partial charge in [-0.1, -0.05) is 42.5 Å². The summed E-state index contributed by atoms with van der Waals surface area (Å²) >= 11 is 0. The van der Waals surface area contributed by atoms with E-state index in [2.05, 4.69) is 34.5 Å². The van der Waals surface area contributed by atoms with Gasteiger partial charge in [0.05, 0.1) is 7.11 Å². The molecule has 2 aliphatic rings. The minimum atomic E-state index is -0.607. The number of ether oxygens (including phenoxy) is 1. The second-order valence-electron chi connectivity index (χ2n) is 9.46. The smallest absolute Gasteiger partial charge is 0.222 e. The third-order valence-corrected chi connectivity index (χ3v) is 7.03. The standard InChI is InChI=1S/C28H34FN3O3/c1-35-24-9-10-25(29)23(20-24)21-28(13-11-26(33)30-28)14-12-27(34)32-18-16-31(17-19-32)15-5-8-22-6-3-2-4-7-22/h2-10,20H,11-19,21H2,1H3,(H,30,33). The van der Waals surface area contributed by atoms with E-state index in [4.69, 9.17) is 4.74 Å². The Morgan fingerprint density at radius 2 is 1.91 bits per heavy atom. The third-order valence-electron chi connectivity index (χ3n) is 7.03. The third kappa shape index (κ3) is 6.69. The molecule has 0 spiro atoms. The van der Waals surface area contributed by atoms with Crippen molar-refractivity contribution in [2.45, 2.75) is 37.6 Å². The van der Waals surface area contributed by atoms with E-state index in [-0.39, 0.29) is 17.6 Å². The summed E-state index contributed by atoms with van der Waals surface area (Å²) in [5.41, 5.74) is 1.07. The lowest BCUT2D eigenvalue weighted by Gasteiger charge is -2.35. The van der Waals surface area contributed by atoms with Gasteiger partial charge in [-0.2, -0.15) is 0 Å². The summed E-state index contributed by atoms with van der Waals surface area (Å²) in [6.45, 7) is 3.92. The predicted octanol–water partition coefficient (Wildman–Crippen LogP) is 3.66. The first-order valence-electron chi connectivity index (χ1n) is 12.3. The van der Waals surface area contributed by atoms with Gasteiger partial charge in [-0.05, 0) is 48.6 Å². The maximum absolute atomic E-state index is 14.5. The Morgan fingerprint density at radius 1 is 1.14 bits per heavy atom. The average Bonchev–Trinajstić information content (AvgIpc) is 3.25. The first-order valence-corrected chi connectivity index (χ1v) is 12.3. The number of benzene rings is 2. The molecule has 0 radical (unpaired) electrons. The molecule has 1 N–H and O–H groups in total. The van der Waals surface area contributed by atoms with Gasteiger partial charge in [0.25, 0.3) is 0 Å². The number of hydrogen-bond acceptors (Lipinski definition) is 4. The second kappa shape index (κ2) is 11.5. The van der Waals surface area contributed by atoms with Gasteiger partial charge >= 0.3 is 0 Å². The summed E-state index contributed by atoms with van der Waals surface area (Å²) < 4.78 is 19.7. The van der Waals surface area contributed by atoms with Crippen LogP contribution in [0.15, 0.2) is 54.6 Å². The molecule has 1 unspecified atom stereocenters. The van der Waals surface area contributed by atoms with E-state index >= 15 is 0 Å². The van der Waals surface area contributed by atoms with Gasteiger partial charge in [-0.3, -0.25) is 14.5 Å². The number of hydrogen-bond donors (Lipinski definition) is 1. The number of halogens is 1. The molecule has 7 heteroatoms. The highest BCUT2D eigenvalue weighted by Gasteiger charge is 2.39. The van der Waals surface area contributed by atoms with Crippen LogP contribution in [0.2, 0.25) is 0 Å². The van der Waals surface area contributed by atoms with E-state index in [0.717, 1.165) is 19.6 Å². The van der Waals surface area contributed by atoms with Crippen LogP contribution in [0.4, 0.5) is 4.39 Å². The quantitative estimate of drug-likeness (QED) is 0.596. The van der Waals surface area contributed by atoms with Crippen LogP contribution in [0.1, 0.15) is 36.8 Å². The number of rotatable bonds is 9. The normalized spacial score (nSPS) is 20.9. The first kappa shape index (κ1) is 24.9. The number of amides is 2. The van der Waals surface area contributed by atoms with Gasteiger partial charge in [0.2, 0.25) is 11.8 Å². The van der Waals surface area contributed by atoms with Crippen LogP contribution in [0.3, 0.4) is 0 Å². The minimum absolute atomic E-state index is 0.0436. The van der Waals surface area contributed by atoms with Crippen LogP contribution in [-0.2, 0) is 16.0 Å². The first-order chi connectivity index (χ1) is 17.0. The maximum Gasteiger partial charge on any atom is 0.222 e. The fourth-order valence-electron chi connectivity index (χ4n) is 4.95. The molecule has 2 aromatic carbocycles. The summed E-state index contributed by atoms with van der Waals surface area (Å²) in [6.07, 6.45) is 6.45. The van der Waals surface area contributed by atoms with Crippen molar-refractivity contribution in [2.75, 3.05) is 39.8 Å². The molecule has 0 aromatic heterocycles. The summed E-state index contributed by atoms with van der Waals surface area (Å²) in [6, 6.07) is 14.9. The Hall–Kier alpha value is -3.19. The van der Waals surface area contributed by atoms with Crippen LogP contribution in [-0.4, -0.2) is 67.0 Å². The number of nitrogens with one attached hydrogen (secondary N) is 1. The van der Waals surface area contributed by atoms with Crippen molar-refractivity contribution in [3.8, 4) is 5.75 Å². The van der Waals surface area contributed by atoms with Gasteiger partial charge in [-0.25, -0.2) is 4.39 Å². The molecule has 6 nitrogen and oxygen atoms in total. The van der Waals surface area contributed by atoms with Crippen molar-refractivity contribution >= 4 is 17.9 Å². The molecule has 1 atom stereocenters. The Morgan fingerprint density at radius 3 is 2.60 bits per heavy atom. The molecule has 2 saturated heterocycles. The van der Waals surface area contributed by atoms with E-state index in [1.54, 1.807) is 19.2 Å². The zero-order valence-electron chi connectivity index (χ0n) is 20.3. The zero-order chi connectivity index (χ0) is 24.7. The number of nitrogens with zero attached hydrogens (tertiary/aromatic N) is 2. The molecule has 35 heavy (non-hydrogen) atoms. The minimum Gasteiger partial charge on any atom is -0.497 e. The van der Waals surface area contributed by atoms with Crippen molar-refractivity contribution < 1.29 is 18.7 Å². The highest BCUT2D eigenvalue weighted by atomic mass is 19.1. The number of methoxy groups -OCH3 is 1. The van der Waals surface area contributed by atoms with Crippen molar-refractivity contribution in [2.24, 2.45) is 0 Å². The van der Waals surface area contributed by atoms with Crippen LogP contribution in [0.25, 0.3) is 6.08 Å². The monoisotopic (exact) mass is 479 g/mol. The summed E-state index contributed by atoms with van der Waals surface area (Å²) in [4.78, 5) is 29.3. The summed E-state index contributed by atoms with van der Waals surface area (Å²) in [5.74, 6) is 0.303. The van der Waals surface area contributed by atoms with Crippen LogP contribution < -0.4 is 10.1 Å². The highest BCUT2D eigenvalue weighted by Crippen LogP contribution is 2.32. The Balaban J connectivity index is 1.29. The largest absolute Gasteiger partial charge is 0.497 e. The molecule has 0 saturated carbocycles. The van der Waals surface area contributed by atoms with Gasteiger partial charge in [-0.15, -0.1) is 0 Å². The number of carbonyl (C=O) groups is 2. The molecule has 2 fully saturated rings. The van der Waals surface area contributed by atoms with E-state index < -0.39 is 5.54 Å². The zero-order valence-corrected chi connectivity index (χ0v) is 20.3. The average molecular weight is 480 g/mol. The molecule has 2 amide bonds. The molecule has 0 bridgehead atoms. The maximum atomic E-state index is 14.5. The van der Waals surface area contributed by atoms with E-state index in [1.165, 1.54) is 11.6 Å². The highest BCUT2D eigenvalue weighted by molar-refractivity contribution is 5.80. The Labute approximate surface area is 206 Å². The van der Waals surface area contributed by atoms with E-state index in [0.29, 0.717) is 56.5 Å². The van der Waals surface area contributed by atoms with Gasteiger partial charge in [0.1, 0.15) is 11.6 Å². The lowest BCUT2D eigenvalue weighted by atomic mass is 9.84. The van der Waals surface area contributed by atoms with E-state index in [9.17, 15) is 14.0 Å². The lowest BCUT2D eigenvalue weighted by Crippen LogP contribution is -2.49. The predicted molar refractivity (Wildman–Crippen MR) is 134 cm³/mol. The summed E-state index contributed by atoms with van der Waals surface area (Å²) in [5, 5.41) is 3.05. The number of piperazine rings is 1. The van der Waals surface area contributed by atoms with Gasteiger partial charge < -0.3 is 15.0 Å². The van der Waals surface area contributed by atoms with Crippen LogP contribution >= 0.6 is 0 Å². The van der Waals surface area contributed by atoms with Crippen molar-refractivity contribution in [1.29, 1.82) is 0 Å². The molecule has 186 valence electrons. The molecule has 4 rings (SSSR count). The van der Waals surface area contributed by atoms with Crippen LogP contribution in [0.5, 0.6) is 5.75 Å². The SMILES string of the molecule is COc1ccc(F)c(CC2(CCC(=O)N3CCN(CC=Cc4ccccc4)CC3)CCC(=O)N2)c1. The topological polar surface area (TPSA) is 61.9 Å². The van der Waals surface area contributed by atoms with Gasteiger partial charge in [0.15, 0.2) is 0 Å². The molecule has 2 aliphatic heterocycles. The van der Waals surface area contributed by atoms with Crippen LogP contribution in [0, 0.1) is 5.82 Å². The fourth-order valence-corrected chi connectivity index (χ4v) is 4.95. The Bertz CT molecular complexity index is 1050. The molecule has 2 aromatic rings. The lowest BCUT2D eigenvalue weighted by molar-refractivity contribution is -0.133.